The molecule has 1 aliphatic rings. The summed E-state index contributed by atoms with van der Waals surface area (Å²) >= 11 is 0.966. The molecule has 122 valence electrons. The van der Waals surface area contributed by atoms with Gasteiger partial charge in [-0.05, 0) is 59.7 Å². The lowest BCUT2D eigenvalue weighted by atomic mass is 9.95. The Kier molecular flexibility index (Phi) is 4.19. The van der Waals surface area contributed by atoms with E-state index in [0.29, 0.717) is 16.4 Å². The number of halogens is 2. The fourth-order valence-corrected chi connectivity index (χ4v) is 4.32. The van der Waals surface area contributed by atoms with Gasteiger partial charge >= 0.3 is 0 Å². The fourth-order valence-electron chi connectivity index (χ4n) is 3.56. The van der Waals surface area contributed by atoms with Gasteiger partial charge in [-0.3, -0.25) is 0 Å². The van der Waals surface area contributed by atoms with Crippen molar-refractivity contribution in [2.45, 2.75) is 31.6 Å². The van der Waals surface area contributed by atoms with E-state index in [9.17, 15) is 8.78 Å². The van der Waals surface area contributed by atoms with E-state index in [1.165, 1.54) is 43.4 Å². The SMILES string of the molecule is Fc1ccc(-c2ccc(-c3ccc(C4CCCC4)cc3)cc2F)s1. The van der Waals surface area contributed by atoms with Crippen molar-refractivity contribution in [1.82, 2.24) is 0 Å². The second kappa shape index (κ2) is 6.48. The van der Waals surface area contributed by atoms with Gasteiger partial charge in [0, 0.05) is 10.4 Å². The van der Waals surface area contributed by atoms with Crippen molar-refractivity contribution in [3.05, 3.63) is 71.1 Å². The Morgan fingerprint density at radius 1 is 0.792 bits per heavy atom. The van der Waals surface area contributed by atoms with Crippen LogP contribution in [-0.4, -0.2) is 0 Å². The summed E-state index contributed by atoms with van der Waals surface area (Å²) in [6.07, 6.45) is 5.20. The van der Waals surface area contributed by atoms with Gasteiger partial charge in [0.2, 0.25) is 0 Å². The molecule has 0 aliphatic heterocycles. The summed E-state index contributed by atoms with van der Waals surface area (Å²) in [4.78, 5) is 0.619. The zero-order chi connectivity index (χ0) is 16.5. The van der Waals surface area contributed by atoms with Gasteiger partial charge in [-0.15, -0.1) is 11.3 Å². The summed E-state index contributed by atoms with van der Waals surface area (Å²) in [5.41, 5.74) is 3.71. The van der Waals surface area contributed by atoms with Crippen molar-refractivity contribution in [2.75, 3.05) is 0 Å². The van der Waals surface area contributed by atoms with E-state index in [1.54, 1.807) is 12.1 Å². The third-order valence-corrected chi connectivity index (χ3v) is 5.79. The summed E-state index contributed by atoms with van der Waals surface area (Å²) in [7, 11) is 0. The standard InChI is InChI=1S/C21H18F2S/c22-19-13-17(9-10-18(19)20-11-12-21(23)24-20)16-7-5-15(6-8-16)14-3-1-2-4-14/h5-14H,1-4H2. The summed E-state index contributed by atoms with van der Waals surface area (Å²) < 4.78 is 27.6. The van der Waals surface area contributed by atoms with Gasteiger partial charge in [0.15, 0.2) is 5.13 Å². The van der Waals surface area contributed by atoms with Crippen LogP contribution in [0, 0.1) is 10.9 Å². The molecule has 3 aromatic rings. The van der Waals surface area contributed by atoms with Gasteiger partial charge in [0.05, 0.1) is 0 Å². The summed E-state index contributed by atoms with van der Waals surface area (Å²) in [5, 5.41) is -0.295. The highest BCUT2D eigenvalue weighted by atomic mass is 32.1. The molecule has 0 nitrogen and oxygen atoms in total. The molecular formula is C21H18F2S. The average Bonchev–Trinajstić information content (AvgIpc) is 3.27. The van der Waals surface area contributed by atoms with E-state index in [0.717, 1.165) is 22.5 Å². The molecule has 1 saturated carbocycles. The van der Waals surface area contributed by atoms with Crippen molar-refractivity contribution in [1.29, 1.82) is 0 Å². The van der Waals surface area contributed by atoms with E-state index >= 15 is 0 Å². The largest absolute Gasteiger partial charge is 0.206 e. The average molecular weight is 340 g/mol. The lowest BCUT2D eigenvalue weighted by Crippen LogP contribution is -1.92. The first-order valence-corrected chi connectivity index (χ1v) is 9.18. The van der Waals surface area contributed by atoms with Crippen LogP contribution in [0.1, 0.15) is 37.2 Å². The Labute approximate surface area is 144 Å². The summed E-state index contributed by atoms with van der Waals surface area (Å²) in [6.45, 7) is 0. The molecule has 0 bridgehead atoms. The van der Waals surface area contributed by atoms with Crippen molar-refractivity contribution in [3.8, 4) is 21.6 Å². The maximum absolute atomic E-state index is 14.4. The zero-order valence-corrected chi connectivity index (χ0v) is 14.1. The molecule has 0 amide bonds. The Morgan fingerprint density at radius 3 is 2.12 bits per heavy atom. The highest BCUT2D eigenvalue weighted by molar-refractivity contribution is 7.13. The van der Waals surface area contributed by atoms with Gasteiger partial charge < -0.3 is 0 Å². The van der Waals surface area contributed by atoms with E-state index in [1.807, 2.05) is 6.07 Å². The van der Waals surface area contributed by atoms with Gasteiger partial charge in [-0.2, -0.15) is 4.39 Å². The van der Waals surface area contributed by atoms with Gasteiger partial charge in [0.25, 0.3) is 0 Å². The topological polar surface area (TPSA) is 0 Å². The molecule has 0 radical (unpaired) electrons. The van der Waals surface area contributed by atoms with E-state index < -0.39 is 0 Å². The Balaban J connectivity index is 1.61. The molecule has 3 heteroatoms. The molecule has 1 fully saturated rings. The van der Waals surface area contributed by atoms with Crippen LogP contribution in [0.5, 0.6) is 0 Å². The third-order valence-electron chi connectivity index (χ3n) is 4.88. The van der Waals surface area contributed by atoms with Crippen LogP contribution < -0.4 is 0 Å². The maximum Gasteiger partial charge on any atom is 0.176 e. The quantitative estimate of drug-likeness (QED) is 0.480. The first kappa shape index (κ1) is 15.5. The van der Waals surface area contributed by atoms with E-state index in [2.05, 4.69) is 24.3 Å². The first-order valence-electron chi connectivity index (χ1n) is 8.36. The molecule has 1 aliphatic carbocycles. The van der Waals surface area contributed by atoms with Crippen LogP contribution in [0.15, 0.2) is 54.6 Å². The Hall–Kier alpha value is -2.00. The van der Waals surface area contributed by atoms with E-state index in [-0.39, 0.29) is 10.9 Å². The highest BCUT2D eigenvalue weighted by Gasteiger charge is 2.17. The fraction of sp³-hybridized carbons (Fsp3) is 0.238. The van der Waals surface area contributed by atoms with Crippen LogP contribution in [-0.2, 0) is 0 Å². The Morgan fingerprint density at radius 2 is 1.50 bits per heavy atom. The van der Waals surface area contributed by atoms with Gasteiger partial charge in [-0.25, -0.2) is 4.39 Å². The highest BCUT2D eigenvalue weighted by Crippen LogP contribution is 2.36. The van der Waals surface area contributed by atoms with Gasteiger partial charge in [-0.1, -0.05) is 43.2 Å². The van der Waals surface area contributed by atoms with Crippen LogP contribution in [0.25, 0.3) is 21.6 Å². The van der Waals surface area contributed by atoms with Crippen molar-refractivity contribution in [3.63, 3.8) is 0 Å². The molecule has 2 aromatic carbocycles. The summed E-state index contributed by atoms with van der Waals surface area (Å²) in [6, 6.07) is 16.7. The van der Waals surface area contributed by atoms with Crippen molar-refractivity contribution >= 4 is 11.3 Å². The van der Waals surface area contributed by atoms with Gasteiger partial charge in [0.1, 0.15) is 5.82 Å². The minimum atomic E-state index is -0.311. The van der Waals surface area contributed by atoms with Crippen molar-refractivity contribution < 1.29 is 8.78 Å². The van der Waals surface area contributed by atoms with Crippen LogP contribution in [0.2, 0.25) is 0 Å². The third kappa shape index (κ3) is 3.01. The molecular weight excluding hydrogens is 322 g/mol. The van der Waals surface area contributed by atoms with E-state index in [4.69, 9.17) is 0 Å². The molecule has 1 heterocycles. The summed E-state index contributed by atoms with van der Waals surface area (Å²) in [5.74, 6) is 0.376. The van der Waals surface area contributed by atoms with Crippen LogP contribution in [0.4, 0.5) is 8.78 Å². The monoisotopic (exact) mass is 340 g/mol. The predicted octanol–water partition coefficient (Wildman–Crippen LogP) is 7.02. The van der Waals surface area contributed by atoms with Crippen LogP contribution >= 0.6 is 11.3 Å². The minimum absolute atomic E-state index is 0.295. The molecule has 0 unspecified atom stereocenters. The second-order valence-corrected chi connectivity index (χ2v) is 7.44. The smallest absolute Gasteiger partial charge is 0.176 e. The molecule has 0 N–H and O–H groups in total. The number of hydrogen-bond acceptors (Lipinski definition) is 1. The number of benzene rings is 2. The van der Waals surface area contributed by atoms with Crippen LogP contribution in [0.3, 0.4) is 0 Å². The molecule has 4 rings (SSSR count). The minimum Gasteiger partial charge on any atom is -0.206 e. The number of rotatable bonds is 3. The molecule has 1 aromatic heterocycles. The number of hydrogen-bond donors (Lipinski definition) is 0. The molecule has 0 atom stereocenters. The molecule has 24 heavy (non-hydrogen) atoms. The Bertz CT molecular complexity index is 843. The second-order valence-electron chi connectivity index (χ2n) is 6.40. The van der Waals surface area contributed by atoms with Crippen molar-refractivity contribution in [2.24, 2.45) is 0 Å². The lowest BCUT2D eigenvalue weighted by Gasteiger charge is -2.11. The molecule has 0 spiro atoms. The normalized spacial score (nSPS) is 15.1. The lowest BCUT2D eigenvalue weighted by molar-refractivity contribution is 0.632. The number of thiophene rings is 1. The zero-order valence-electron chi connectivity index (χ0n) is 13.3. The first-order chi connectivity index (χ1) is 11.7. The maximum atomic E-state index is 14.4. The molecule has 0 saturated heterocycles. The predicted molar refractivity (Wildman–Crippen MR) is 96.3 cm³/mol.